The van der Waals surface area contributed by atoms with E-state index in [0.29, 0.717) is 12.8 Å². The van der Waals surface area contributed by atoms with Gasteiger partial charge in [0.25, 0.3) is 0 Å². The van der Waals surface area contributed by atoms with Gasteiger partial charge in [0.1, 0.15) is 13.2 Å². The molecule has 0 spiro atoms. The Bertz CT molecular complexity index is 1760. The average Bonchev–Trinajstić information content (AvgIpc) is 3.47. The van der Waals surface area contributed by atoms with Crippen LogP contribution in [-0.2, 0) is 28.6 Å². The monoisotopic (exact) mass is 1120 g/mol. The minimum Gasteiger partial charge on any atom is -0.462 e. The number of hydrogen-bond donors (Lipinski definition) is 0. The summed E-state index contributed by atoms with van der Waals surface area (Å²) in [5.41, 5.74) is 0. The number of carbonyl (C=O) groups excluding carboxylic acids is 3. The van der Waals surface area contributed by atoms with Crippen LogP contribution in [-0.4, -0.2) is 37.2 Å². The molecule has 1 unspecified atom stereocenters. The Morgan fingerprint density at radius 3 is 0.877 bits per heavy atom. The Morgan fingerprint density at radius 1 is 0.272 bits per heavy atom. The first kappa shape index (κ1) is 76.3. The molecule has 6 heteroatoms. The zero-order valence-corrected chi connectivity index (χ0v) is 52.5. The van der Waals surface area contributed by atoms with Gasteiger partial charge in [-0.25, -0.2) is 0 Å². The van der Waals surface area contributed by atoms with Crippen molar-refractivity contribution < 1.29 is 28.6 Å². The van der Waals surface area contributed by atoms with Crippen molar-refractivity contribution >= 4 is 17.9 Å². The lowest BCUT2D eigenvalue weighted by Gasteiger charge is -2.18. The molecule has 0 aromatic rings. The Labute approximate surface area is 499 Å². The maximum atomic E-state index is 12.9. The van der Waals surface area contributed by atoms with Crippen molar-refractivity contribution in [2.45, 2.75) is 297 Å². The second-order valence-corrected chi connectivity index (χ2v) is 21.6. The van der Waals surface area contributed by atoms with Gasteiger partial charge >= 0.3 is 17.9 Å². The van der Waals surface area contributed by atoms with E-state index in [1.807, 2.05) is 6.08 Å². The summed E-state index contributed by atoms with van der Waals surface area (Å²) in [4.78, 5) is 38.3. The van der Waals surface area contributed by atoms with E-state index < -0.39 is 12.1 Å². The highest BCUT2D eigenvalue weighted by Gasteiger charge is 2.19. The number of carbonyl (C=O) groups is 3. The van der Waals surface area contributed by atoms with Gasteiger partial charge in [-0.05, 0) is 122 Å². The second-order valence-electron chi connectivity index (χ2n) is 21.6. The molecule has 0 fully saturated rings. The molecule has 458 valence electrons. The summed E-state index contributed by atoms with van der Waals surface area (Å²) in [6.45, 7) is 6.33. The number of hydrogen-bond acceptors (Lipinski definition) is 6. The first-order valence-electron chi connectivity index (χ1n) is 33.3. The Balaban J connectivity index is 4.35. The zero-order chi connectivity index (χ0) is 58.5. The molecule has 0 radical (unpaired) electrons. The Kier molecular flexibility index (Phi) is 63.9. The van der Waals surface area contributed by atoms with Gasteiger partial charge in [-0.15, -0.1) is 0 Å². The molecule has 0 amide bonds. The third-order valence-corrected chi connectivity index (χ3v) is 13.8. The van der Waals surface area contributed by atoms with E-state index in [4.69, 9.17) is 14.2 Å². The predicted octanol–water partition coefficient (Wildman–Crippen LogP) is 23.1. The molecule has 0 aromatic heterocycles. The zero-order valence-electron chi connectivity index (χ0n) is 52.5. The number of esters is 3. The van der Waals surface area contributed by atoms with Crippen LogP contribution in [0.5, 0.6) is 0 Å². The maximum absolute atomic E-state index is 12.9. The quantitative estimate of drug-likeness (QED) is 0.0261. The standard InChI is InChI=1S/C75H122O6/c1-4-7-10-13-16-19-22-25-28-30-31-32-33-34-35-36-37-38-39-40-41-42-43-45-47-50-53-56-59-62-65-68-74(77)80-71-72(70-79-73(76)67-64-61-58-55-52-49-46-27-24-21-18-15-12-9-6-3)81-75(78)69-66-63-60-57-54-51-48-44-29-26-23-20-17-14-11-8-5-2/h7,9-10,12,16,18-19,21,25-29,31-32,34-35,37-38,46,52,55,61,64,72H,4-6,8,11,13-15,17,20,22-24,30,33,36,39-45,47-51,53-54,56-60,62-63,65-71H2,1-3H3/b10-7-,12-9-,19-16-,21-18-,28-25-,29-26-,32-31-,35-34-,38-37-,46-27-,55-52-,64-61-. The van der Waals surface area contributed by atoms with Gasteiger partial charge in [0.05, 0.1) is 6.42 Å². The van der Waals surface area contributed by atoms with E-state index in [1.54, 1.807) is 6.08 Å². The summed E-state index contributed by atoms with van der Waals surface area (Å²) in [5, 5.41) is 0. The van der Waals surface area contributed by atoms with Gasteiger partial charge in [0.15, 0.2) is 6.10 Å². The lowest BCUT2D eigenvalue weighted by molar-refractivity contribution is -0.166. The number of rotatable bonds is 59. The molecule has 0 aliphatic carbocycles. The van der Waals surface area contributed by atoms with Crippen molar-refractivity contribution in [2.75, 3.05) is 13.2 Å². The molecular formula is C75H122O6. The van der Waals surface area contributed by atoms with E-state index in [1.165, 1.54) is 141 Å². The molecule has 6 nitrogen and oxygen atoms in total. The smallest absolute Gasteiger partial charge is 0.309 e. The van der Waals surface area contributed by atoms with E-state index in [2.05, 4.69) is 154 Å². The first-order valence-corrected chi connectivity index (χ1v) is 33.3. The lowest BCUT2D eigenvalue weighted by atomic mass is 10.0. The molecule has 0 heterocycles. The lowest BCUT2D eigenvalue weighted by Crippen LogP contribution is -2.30. The van der Waals surface area contributed by atoms with Gasteiger partial charge in [-0.2, -0.15) is 0 Å². The third-order valence-electron chi connectivity index (χ3n) is 13.8. The van der Waals surface area contributed by atoms with Crippen LogP contribution in [0.15, 0.2) is 146 Å². The van der Waals surface area contributed by atoms with E-state index in [9.17, 15) is 14.4 Å². The number of allylic oxidation sites excluding steroid dienone is 23. The molecule has 0 rings (SSSR count). The Morgan fingerprint density at radius 2 is 0.531 bits per heavy atom. The van der Waals surface area contributed by atoms with Gasteiger partial charge in [0.2, 0.25) is 0 Å². The topological polar surface area (TPSA) is 78.9 Å². The summed E-state index contributed by atoms with van der Waals surface area (Å²) in [7, 11) is 0. The summed E-state index contributed by atoms with van der Waals surface area (Å²) >= 11 is 0. The largest absolute Gasteiger partial charge is 0.462 e. The highest BCUT2D eigenvalue weighted by atomic mass is 16.6. The fraction of sp³-hybridized carbons (Fsp3) is 0.640. The van der Waals surface area contributed by atoms with E-state index in [-0.39, 0.29) is 31.6 Å². The highest BCUT2D eigenvalue weighted by molar-refractivity contribution is 5.72. The third kappa shape index (κ3) is 66.0. The van der Waals surface area contributed by atoms with Gasteiger partial charge in [-0.3, -0.25) is 14.4 Å². The molecule has 1 atom stereocenters. The van der Waals surface area contributed by atoms with E-state index >= 15 is 0 Å². The summed E-state index contributed by atoms with van der Waals surface area (Å²) in [5.74, 6) is -1.05. The minimum atomic E-state index is -0.827. The molecule has 81 heavy (non-hydrogen) atoms. The molecule has 0 aromatic carbocycles. The fourth-order valence-electron chi connectivity index (χ4n) is 8.93. The molecule has 0 bridgehead atoms. The summed E-state index contributed by atoms with van der Waals surface area (Å²) in [6, 6.07) is 0. The molecular weight excluding hydrogens is 997 g/mol. The van der Waals surface area contributed by atoms with Crippen molar-refractivity contribution in [3.05, 3.63) is 146 Å². The van der Waals surface area contributed by atoms with Crippen molar-refractivity contribution in [3.8, 4) is 0 Å². The van der Waals surface area contributed by atoms with Gasteiger partial charge in [-0.1, -0.05) is 295 Å². The van der Waals surface area contributed by atoms with Crippen molar-refractivity contribution in [1.82, 2.24) is 0 Å². The average molecular weight is 1120 g/mol. The second kappa shape index (κ2) is 67.8. The number of ether oxygens (including phenoxy) is 3. The Hall–Kier alpha value is -4.71. The molecule has 0 aliphatic heterocycles. The van der Waals surface area contributed by atoms with E-state index in [0.717, 1.165) is 109 Å². The highest BCUT2D eigenvalue weighted by Crippen LogP contribution is 2.16. The molecule has 0 saturated carbocycles. The minimum absolute atomic E-state index is 0.114. The van der Waals surface area contributed by atoms with Crippen LogP contribution in [0.1, 0.15) is 290 Å². The normalized spacial score (nSPS) is 13.1. The van der Waals surface area contributed by atoms with Crippen LogP contribution in [0.4, 0.5) is 0 Å². The van der Waals surface area contributed by atoms with Crippen LogP contribution in [0.3, 0.4) is 0 Å². The van der Waals surface area contributed by atoms with Gasteiger partial charge in [0, 0.05) is 12.8 Å². The maximum Gasteiger partial charge on any atom is 0.309 e. The van der Waals surface area contributed by atoms with Crippen LogP contribution in [0.2, 0.25) is 0 Å². The van der Waals surface area contributed by atoms with Crippen molar-refractivity contribution in [3.63, 3.8) is 0 Å². The molecule has 0 N–H and O–H groups in total. The molecule has 0 aliphatic rings. The van der Waals surface area contributed by atoms with Gasteiger partial charge < -0.3 is 14.2 Å². The predicted molar refractivity (Wildman–Crippen MR) is 352 cm³/mol. The van der Waals surface area contributed by atoms with Crippen LogP contribution < -0.4 is 0 Å². The number of unbranched alkanes of at least 4 members (excludes halogenated alkanes) is 25. The molecule has 0 saturated heterocycles. The fourth-order valence-corrected chi connectivity index (χ4v) is 8.93. The van der Waals surface area contributed by atoms with Crippen molar-refractivity contribution in [1.29, 1.82) is 0 Å². The van der Waals surface area contributed by atoms with Crippen molar-refractivity contribution in [2.24, 2.45) is 0 Å². The SMILES string of the molecule is CC/C=C\C/C=C\C/C=C\C/C=C\C/C=C\C/C=C\CCCCCCCCCCCCCCC(=O)OCC(COC(=O)C/C=C\C/C=C\C/C=C\C/C=C\C/C=C\CC)OC(=O)CCCCCCCCC/C=C\CCCCCCCC. The van der Waals surface area contributed by atoms with Crippen LogP contribution >= 0.6 is 0 Å². The van der Waals surface area contributed by atoms with Crippen LogP contribution in [0, 0.1) is 0 Å². The summed E-state index contributed by atoms with van der Waals surface area (Å²) < 4.78 is 16.8. The summed E-state index contributed by atoms with van der Waals surface area (Å²) in [6.07, 6.45) is 97.5. The first-order chi connectivity index (χ1) is 40.0. The van der Waals surface area contributed by atoms with Crippen LogP contribution in [0.25, 0.3) is 0 Å².